The largest absolute Gasteiger partial charge is 0.368 e. The molecule has 164 valence electrons. The summed E-state index contributed by atoms with van der Waals surface area (Å²) in [6.07, 6.45) is 5.69. The molecule has 0 amide bonds. The number of rotatable bonds is 6. The molecule has 1 fully saturated rings. The topological polar surface area (TPSA) is 118 Å². The van der Waals surface area contributed by atoms with Gasteiger partial charge in [0.1, 0.15) is 17.8 Å². The van der Waals surface area contributed by atoms with E-state index in [9.17, 15) is 13.2 Å². The molecule has 3 rings (SSSR count). The van der Waals surface area contributed by atoms with E-state index < -0.39 is 10.1 Å². The molecule has 0 spiro atoms. The zero-order valence-corrected chi connectivity index (χ0v) is 18.4. The minimum atomic E-state index is -3.66. The number of nitrogens with one attached hydrogen (secondary N) is 1. The summed E-state index contributed by atoms with van der Waals surface area (Å²) in [5.74, 6) is 0.501. The Hall–Kier alpha value is -2.36. The number of benzene rings is 1. The van der Waals surface area contributed by atoms with Gasteiger partial charge in [-0.2, -0.15) is 8.42 Å². The number of carbonyl (C=O) groups is 1. The average Bonchev–Trinajstić information content (AvgIpc) is 2.74. The third kappa shape index (κ3) is 7.47. The van der Waals surface area contributed by atoms with Crippen molar-refractivity contribution >= 4 is 22.2 Å². The van der Waals surface area contributed by atoms with Crippen molar-refractivity contribution in [3.63, 3.8) is 0 Å². The highest BCUT2D eigenvalue weighted by Crippen LogP contribution is 2.31. The third-order valence-electron chi connectivity index (χ3n) is 4.89. The Morgan fingerprint density at radius 3 is 2.47 bits per heavy atom. The molecule has 0 aliphatic carbocycles. The van der Waals surface area contributed by atoms with Gasteiger partial charge in [0.25, 0.3) is 10.1 Å². The molecule has 1 saturated heterocycles. The Morgan fingerprint density at radius 2 is 1.87 bits per heavy atom. The van der Waals surface area contributed by atoms with Crippen LogP contribution in [0.1, 0.15) is 59.5 Å². The van der Waals surface area contributed by atoms with Crippen molar-refractivity contribution in [1.29, 1.82) is 0 Å². The Morgan fingerprint density at radius 1 is 1.20 bits per heavy atom. The van der Waals surface area contributed by atoms with Gasteiger partial charge in [0.2, 0.25) is 0 Å². The highest BCUT2D eigenvalue weighted by molar-refractivity contribution is 7.85. The van der Waals surface area contributed by atoms with E-state index in [4.69, 9.17) is 9.29 Å². The summed E-state index contributed by atoms with van der Waals surface area (Å²) in [5, 5.41) is 3.30. The van der Waals surface area contributed by atoms with Crippen LogP contribution < -0.4 is 5.32 Å². The summed E-state index contributed by atoms with van der Waals surface area (Å²) in [7, 11) is -3.66. The molecular formula is C21H29N3O5S. The van der Waals surface area contributed by atoms with Gasteiger partial charge in [0, 0.05) is 12.1 Å². The molecule has 1 aromatic carbocycles. The van der Waals surface area contributed by atoms with Crippen LogP contribution in [0, 0.1) is 13.8 Å². The van der Waals surface area contributed by atoms with Crippen LogP contribution in [0.3, 0.4) is 0 Å². The fraction of sp³-hybridized carbons (Fsp3) is 0.476. The third-order valence-corrected chi connectivity index (χ3v) is 5.62. The Bertz CT molecular complexity index is 932. The maximum atomic E-state index is 11.0. The Kier molecular flexibility index (Phi) is 8.88. The summed E-state index contributed by atoms with van der Waals surface area (Å²) in [6, 6.07) is 8.57. The second kappa shape index (κ2) is 11.1. The molecule has 9 heteroatoms. The van der Waals surface area contributed by atoms with E-state index >= 15 is 0 Å². The minimum absolute atomic E-state index is 0.138. The molecule has 0 unspecified atom stereocenters. The normalized spacial score (nSPS) is 18.8. The quantitative estimate of drug-likeness (QED) is 0.523. The van der Waals surface area contributed by atoms with Crippen molar-refractivity contribution < 1.29 is 22.5 Å². The second-order valence-corrected chi connectivity index (χ2v) is 8.93. The number of aldehydes is 1. The highest BCUT2D eigenvalue weighted by Gasteiger charge is 2.23. The van der Waals surface area contributed by atoms with E-state index in [0.29, 0.717) is 18.1 Å². The van der Waals surface area contributed by atoms with E-state index in [1.165, 1.54) is 24.4 Å². The predicted octanol–water partition coefficient (Wildman–Crippen LogP) is 3.52. The SMILES string of the molecule is CCS(=O)(=O)O.Cc1ccc([C@@H]2CCC[C@H](CNc3ncnc(C=O)c3C)O2)cc1. The lowest BCUT2D eigenvalue weighted by Crippen LogP contribution is -2.29. The number of ether oxygens (including phenoxy) is 1. The van der Waals surface area contributed by atoms with Gasteiger partial charge in [0.15, 0.2) is 6.29 Å². The molecule has 1 aliphatic heterocycles. The van der Waals surface area contributed by atoms with Crippen LogP contribution in [0.4, 0.5) is 5.82 Å². The molecule has 1 aromatic heterocycles. The summed E-state index contributed by atoms with van der Waals surface area (Å²) >= 11 is 0. The fourth-order valence-corrected chi connectivity index (χ4v) is 3.05. The van der Waals surface area contributed by atoms with Gasteiger partial charge >= 0.3 is 0 Å². The van der Waals surface area contributed by atoms with Crippen LogP contribution in [0.2, 0.25) is 0 Å². The maximum absolute atomic E-state index is 11.0. The summed E-state index contributed by atoms with van der Waals surface area (Å²) in [5.41, 5.74) is 3.71. The molecule has 0 bridgehead atoms. The van der Waals surface area contributed by atoms with Crippen molar-refractivity contribution in [2.75, 3.05) is 17.6 Å². The van der Waals surface area contributed by atoms with Gasteiger partial charge in [0.05, 0.1) is 18.0 Å². The molecular weight excluding hydrogens is 406 g/mol. The number of anilines is 1. The molecule has 30 heavy (non-hydrogen) atoms. The van der Waals surface area contributed by atoms with Crippen molar-refractivity contribution in [2.24, 2.45) is 0 Å². The number of hydrogen-bond donors (Lipinski definition) is 2. The van der Waals surface area contributed by atoms with Gasteiger partial charge in [-0.3, -0.25) is 9.35 Å². The zero-order valence-electron chi connectivity index (χ0n) is 17.5. The van der Waals surface area contributed by atoms with E-state index in [0.717, 1.165) is 31.1 Å². The lowest BCUT2D eigenvalue weighted by molar-refractivity contribution is -0.0442. The first-order chi connectivity index (χ1) is 14.2. The van der Waals surface area contributed by atoms with Crippen molar-refractivity contribution in [1.82, 2.24) is 9.97 Å². The van der Waals surface area contributed by atoms with E-state index in [1.807, 2.05) is 6.92 Å². The number of carbonyl (C=O) groups excluding carboxylic acids is 1. The number of aryl methyl sites for hydroxylation is 1. The van der Waals surface area contributed by atoms with Crippen LogP contribution in [0.5, 0.6) is 0 Å². The summed E-state index contributed by atoms with van der Waals surface area (Å²) in [4.78, 5) is 19.1. The van der Waals surface area contributed by atoms with Crippen molar-refractivity contribution in [3.8, 4) is 0 Å². The minimum Gasteiger partial charge on any atom is -0.368 e. The van der Waals surface area contributed by atoms with E-state index in [-0.39, 0.29) is 18.0 Å². The molecule has 8 nitrogen and oxygen atoms in total. The summed E-state index contributed by atoms with van der Waals surface area (Å²) < 4.78 is 33.2. The standard InChI is InChI=1S/C19H23N3O2.C2H6O3S/c1-13-6-8-15(9-7-13)18-5-3-4-16(24-18)10-20-19-14(2)17(11-23)21-12-22-19;1-2-6(3,4)5/h6-9,11-12,16,18H,3-5,10H2,1-2H3,(H,20,21,22);2H2,1H3,(H,3,4,5)/t16-,18+;/m1./s1. The second-order valence-electron chi connectivity index (χ2n) is 7.19. The molecule has 2 atom stereocenters. The molecule has 2 aromatic rings. The van der Waals surface area contributed by atoms with Crippen molar-refractivity contribution in [3.05, 3.63) is 53.0 Å². The first-order valence-electron chi connectivity index (χ1n) is 9.91. The van der Waals surface area contributed by atoms with Crippen LogP contribution in [-0.4, -0.2) is 47.6 Å². The van der Waals surface area contributed by atoms with E-state index in [1.54, 1.807) is 0 Å². The Balaban J connectivity index is 0.000000469. The Labute approximate surface area is 177 Å². The monoisotopic (exact) mass is 435 g/mol. The molecule has 1 aliphatic rings. The zero-order chi connectivity index (χ0) is 22.1. The van der Waals surface area contributed by atoms with Gasteiger partial charge in [-0.25, -0.2) is 9.97 Å². The first kappa shape index (κ1) is 23.9. The maximum Gasteiger partial charge on any atom is 0.264 e. The van der Waals surface area contributed by atoms with Gasteiger partial charge in [-0.1, -0.05) is 29.8 Å². The molecule has 2 N–H and O–H groups in total. The van der Waals surface area contributed by atoms with Crippen molar-refractivity contribution in [2.45, 2.75) is 52.2 Å². The lowest BCUT2D eigenvalue weighted by Gasteiger charge is -2.31. The first-order valence-corrected chi connectivity index (χ1v) is 11.5. The lowest BCUT2D eigenvalue weighted by atomic mass is 9.97. The van der Waals surface area contributed by atoms with Gasteiger partial charge in [-0.05, 0) is 45.6 Å². The number of nitrogens with zero attached hydrogens (tertiary/aromatic N) is 2. The van der Waals surface area contributed by atoms with Crippen LogP contribution in [-0.2, 0) is 14.9 Å². The summed E-state index contributed by atoms with van der Waals surface area (Å²) in [6.45, 7) is 5.99. The van der Waals surface area contributed by atoms with Crippen LogP contribution in [0.15, 0.2) is 30.6 Å². The van der Waals surface area contributed by atoms with Crippen LogP contribution >= 0.6 is 0 Å². The van der Waals surface area contributed by atoms with Crippen LogP contribution in [0.25, 0.3) is 0 Å². The fourth-order valence-electron chi connectivity index (χ4n) is 3.05. The van der Waals surface area contributed by atoms with Gasteiger partial charge in [-0.15, -0.1) is 0 Å². The number of hydrogen-bond acceptors (Lipinski definition) is 7. The highest BCUT2D eigenvalue weighted by atomic mass is 32.2. The predicted molar refractivity (Wildman–Crippen MR) is 115 cm³/mol. The van der Waals surface area contributed by atoms with Gasteiger partial charge < -0.3 is 10.1 Å². The smallest absolute Gasteiger partial charge is 0.264 e. The molecule has 2 heterocycles. The molecule has 0 radical (unpaired) electrons. The average molecular weight is 436 g/mol. The van der Waals surface area contributed by atoms with E-state index in [2.05, 4.69) is 46.5 Å². The molecule has 0 saturated carbocycles. The number of aromatic nitrogens is 2.